The molecule has 19 heavy (non-hydrogen) atoms. The summed E-state index contributed by atoms with van der Waals surface area (Å²) in [6, 6.07) is 3.49. The Labute approximate surface area is 119 Å². The van der Waals surface area contributed by atoms with Gasteiger partial charge in [-0.1, -0.05) is 12.2 Å². The van der Waals surface area contributed by atoms with Gasteiger partial charge < -0.3 is 11.1 Å². The van der Waals surface area contributed by atoms with Gasteiger partial charge in [0.1, 0.15) is 10.8 Å². The molecule has 0 saturated carbocycles. The van der Waals surface area contributed by atoms with Crippen molar-refractivity contribution in [3.63, 3.8) is 0 Å². The zero-order valence-electron chi connectivity index (χ0n) is 11.2. The van der Waals surface area contributed by atoms with Crippen LogP contribution < -0.4 is 11.1 Å². The number of nitrogens with one attached hydrogen (secondary N) is 1. The molecule has 8 heteroatoms. The molecule has 0 aromatic carbocycles. The van der Waals surface area contributed by atoms with E-state index in [-0.39, 0.29) is 17.3 Å². The first-order valence-corrected chi connectivity index (χ1v) is 7.66. The van der Waals surface area contributed by atoms with Crippen LogP contribution in [-0.2, 0) is 10.0 Å². The zero-order valence-corrected chi connectivity index (χ0v) is 12.8. The monoisotopic (exact) mass is 302 g/mol. The first-order valence-electron chi connectivity index (χ1n) is 5.65. The fourth-order valence-electron chi connectivity index (χ4n) is 1.39. The van der Waals surface area contributed by atoms with Crippen LogP contribution in [0.2, 0.25) is 0 Å². The van der Waals surface area contributed by atoms with Gasteiger partial charge in [0.2, 0.25) is 10.0 Å². The molecule has 0 aliphatic carbocycles. The molecular formula is C11H18N4O2S2. The van der Waals surface area contributed by atoms with Crippen molar-refractivity contribution < 1.29 is 8.42 Å². The smallest absolute Gasteiger partial charge is 0.215 e. The van der Waals surface area contributed by atoms with Crippen LogP contribution >= 0.6 is 12.2 Å². The predicted molar refractivity (Wildman–Crippen MR) is 80.8 cm³/mol. The molecule has 1 heterocycles. The highest BCUT2D eigenvalue weighted by Gasteiger charge is 2.12. The number of rotatable bonds is 6. The molecule has 6 nitrogen and oxygen atoms in total. The number of sulfonamides is 1. The highest BCUT2D eigenvalue weighted by molar-refractivity contribution is 7.89. The summed E-state index contributed by atoms with van der Waals surface area (Å²) < 4.78 is 24.4. The summed E-state index contributed by atoms with van der Waals surface area (Å²) >= 11 is 4.91. The molecule has 0 aliphatic rings. The number of anilines is 1. The van der Waals surface area contributed by atoms with Gasteiger partial charge in [-0.15, -0.1) is 0 Å². The molecule has 1 rings (SSSR count). The number of nitrogens with two attached hydrogens (primary N) is 1. The molecular weight excluding hydrogens is 284 g/mol. The second-order valence-electron chi connectivity index (χ2n) is 4.27. The summed E-state index contributed by atoms with van der Waals surface area (Å²) in [5.74, 6) is 0.564. The standard InChI is InChI=1S/C11H18N4O2S2/c1-8-6-9(11(12)18)7-10(14-8)13-4-5-19(16,17)15(2)3/h6-7H,4-5H2,1-3H3,(H2,12,18)(H,13,14). The molecule has 0 aliphatic heterocycles. The molecule has 0 saturated heterocycles. The van der Waals surface area contributed by atoms with E-state index in [0.29, 0.717) is 11.4 Å². The van der Waals surface area contributed by atoms with Gasteiger partial charge in [-0.3, -0.25) is 0 Å². The highest BCUT2D eigenvalue weighted by atomic mass is 32.2. The summed E-state index contributed by atoms with van der Waals surface area (Å²) in [7, 11) is -0.202. The van der Waals surface area contributed by atoms with Gasteiger partial charge in [0.05, 0.1) is 5.75 Å². The van der Waals surface area contributed by atoms with Gasteiger partial charge in [0.15, 0.2) is 0 Å². The van der Waals surface area contributed by atoms with Crippen molar-refractivity contribution in [1.29, 1.82) is 0 Å². The summed E-state index contributed by atoms with van der Waals surface area (Å²) in [5.41, 5.74) is 7.04. The summed E-state index contributed by atoms with van der Waals surface area (Å²) in [6.45, 7) is 2.09. The fraction of sp³-hybridized carbons (Fsp3) is 0.455. The van der Waals surface area contributed by atoms with E-state index in [4.69, 9.17) is 18.0 Å². The Morgan fingerprint density at radius 3 is 2.63 bits per heavy atom. The Kier molecular flexibility index (Phi) is 5.21. The molecule has 0 atom stereocenters. The van der Waals surface area contributed by atoms with Crippen molar-refractivity contribution in [3.8, 4) is 0 Å². The summed E-state index contributed by atoms with van der Waals surface area (Å²) in [4.78, 5) is 4.53. The second kappa shape index (κ2) is 6.27. The van der Waals surface area contributed by atoms with Crippen molar-refractivity contribution in [2.75, 3.05) is 31.7 Å². The SMILES string of the molecule is Cc1cc(C(N)=S)cc(NCCS(=O)(=O)N(C)C)n1. The third-order valence-electron chi connectivity index (χ3n) is 2.46. The molecule has 0 fully saturated rings. The molecule has 1 aromatic heterocycles. The Bertz CT molecular complexity index is 570. The zero-order chi connectivity index (χ0) is 14.6. The first kappa shape index (κ1) is 15.8. The maximum atomic E-state index is 11.6. The second-order valence-corrected chi connectivity index (χ2v) is 7.01. The molecule has 0 radical (unpaired) electrons. The third-order valence-corrected chi connectivity index (χ3v) is 4.53. The molecule has 0 bridgehead atoms. The van der Waals surface area contributed by atoms with Crippen LogP contribution in [0.15, 0.2) is 12.1 Å². The van der Waals surface area contributed by atoms with Crippen molar-refractivity contribution in [3.05, 3.63) is 23.4 Å². The van der Waals surface area contributed by atoms with Gasteiger partial charge in [-0.05, 0) is 19.1 Å². The van der Waals surface area contributed by atoms with Crippen molar-refractivity contribution in [1.82, 2.24) is 9.29 Å². The van der Waals surface area contributed by atoms with E-state index >= 15 is 0 Å². The normalized spacial score (nSPS) is 11.6. The van der Waals surface area contributed by atoms with Crippen molar-refractivity contribution >= 4 is 33.0 Å². The Balaban J connectivity index is 2.71. The molecule has 1 aromatic rings. The minimum atomic E-state index is -3.21. The van der Waals surface area contributed by atoms with E-state index in [1.54, 1.807) is 12.1 Å². The highest BCUT2D eigenvalue weighted by Crippen LogP contribution is 2.10. The Morgan fingerprint density at radius 1 is 1.47 bits per heavy atom. The minimum absolute atomic E-state index is 0.00196. The van der Waals surface area contributed by atoms with Crippen LogP contribution in [0.4, 0.5) is 5.82 Å². The van der Waals surface area contributed by atoms with Gasteiger partial charge >= 0.3 is 0 Å². The molecule has 0 spiro atoms. The van der Waals surface area contributed by atoms with Crippen molar-refractivity contribution in [2.24, 2.45) is 5.73 Å². The number of thiocarbonyl (C=S) groups is 1. The number of aromatic nitrogens is 1. The van der Waals surface area contributed by atoms with Crippen LogP contribution in [0, 0.1) is 6.92 Å². The maximum Gasteiger partial charge on any atom is 0.215 e. The van der Waals surface area contributed by atoms with Crippen molar-refractivity contribution in [2.45, 2.75) is 6.92 Å². The van der Waals surface area contributed by atoms with E-state index in [2.05, 4.69) is 10.3 Å². The number of pyridine rings is 1. The lowest BCUT2D eigenvalue weighted by Crippen LogP contribution is -2.28. The van der Waals surface area contributed by atoms with E-state index < -0.39 is 10.0 Å². The molecule has 0 unspecified atom stereocenters. The number of hydrogen-bond acceptors (Lipinski definition) is 5. The van der Waals surface area contributed by atoms with Gasteiger partial charge in [-0.2, -0.15) is 0 Å². The largest absolute Gasteiger partial charge is 0.389 e. The number of nitrogens with zero attached hydrogens (tertiary/aromatic N) is 2. The van der Waals surface area contributed by atoms with E-state index in [1.807, 2.05) is 6.92 Å². The van der Waals surface area contributed by atoms with Gasteiger partial charge in [0, 0.05) is 31.9 Å². The number of aryl methyl sites for hydroxylation is 1. The summed E-state index contributed by atoms with van der Waals surface area (Å²) in [5, 5.41) is 2.96. The maximum absolute atomic E-state index is 11.6. The summed E-state index contributed by atoms with van der Waals surface area (Å²) in [6.07, 6.45) is 0. The van der Waals surface area contributed by atoms with Crippen LogP contribution in [0.25, 0.3) is 0 Å². The number of hydrogen-bond donors (Lipinski definition) is 2. The van der Waals surface area contributed by atoms with Gasteiger partial charge in [-0.25, -0.2) is 17.7 Å². The molecule has 106 valence electrons. The Hall–Kier alpha value is -1.25. The first-order chi connectivity index (χ1) is 8.72. The van der Waals surface area contributed by atoms with Gasteiger partial charge in [0.25, 0.3) is 0 Å². The topological polar surface area (TPSA) is 88.3 Å². The lowest BCUT2D eigenvalue weighted by atomic mass is 10.2. The Morgan fingerprint density at radius 2 is 2.11 bits per heavy atom. The lowest BCUT2D eigenvalue weighted by Gasteiger charge is -2.12. The fourth-order valence-corrected chi connectivity index (χ4v) is 2.24. The van der Waals surface area contributed by atoms with Crippen LogP contribution in [0.3, 0.4) is 0 Å². The molecule has 3 N–H and O–H groups in total. The van der Waals surface area contributed by atoms with Crippen LogP contribution in [-0.4, -0.2) is 49.1 Å². The molecule has 0 amide bonds. The van der Waals surface area contributed by atoms with Crippen LogP contribution in [0.1, 0.15) is 11.3 Å². The minimum Gasteiger partial charge on any atom is -0.389 e. The van der Waals surface area contributed by atoms with E-state index in [0.717, 1.165) is 5.69 Å². The third kappa shape index (κ3) is 4.73. The lowest BCUT2D eigenvalue weighted by molar-refractivity contribution is 0.521. The van der Waals surface area contributed by atoms with E-state index in [1.165, 1.54) is 18.4 Å². The quantitative estimate of drug-likeness (QED) is 0.736. The predicted octanol–water partition coefficient (Wildman–Crippen LogP) is 0.328. The van der Waals surface area contributed by atoms with E-state index in [9.17, 15) is 8.42 Å². The van der Waals surface area contributed by atoms with Crippen LogP contribution in [0.5, 0.6) is 0 Å². The average Bonchev–Trinajstić information content (AvgIpc) is 2.27. The average molecular weight is 302 g/mol.